The average Bonchev–Trinajstić information content (AvgIpc) is 3.12. The van der Waals surface area contributed by atoms with Crippen LogP contribution in [0.15, 0.2) is 63.8 Å². The van der Waals surface area contributed by atoms with Crippen molar-refractivity contribution in [3.8, 4) is 11.5 Å². The fourth-order valence-corrected chi connectivity index (χ4v) is 4.87. The number of nitrogens with zero attached hydrogens (tertiary/aromatic N) is 3. The molecule has 3 heterocycles. The highest BCUT2D eigenvalue weighted by Gasteiger charge is 2.35. The number of aromatic nitrogens is 2. The molecule has 1 atom stereocenters. The van der Waals surface area contributed by atoms with Gasteiger partial charge < -0.3 is 14.2 Å². The van der Waals surface area contributed by atoms with Crippen LogP contribution in [0.1, 0.15) is 37.9 Å². The number of hydrogen-bond donors (Lipinski definition) is 0. The maximum absolute atomic E-state index is 13.7. The predicted molar refractivity (Wildman–Crippen MR) is 129 cm³/mol. The minimum Gasteiger partial charge on any atom is -0.497 e. The van der Waals surface area contributed by atoms with E-state index in [0.717, 1.165) is 5.56 Å². The van der Waals surface area contributed by atoms with Gasteiger partial charge >= 0.3 is 5.97 Å². The summed E-state index contributed by atoms with van der Waals surface area (Å²) >= 11 is 1.25. The van der Waals surface area contributed by atoms with Crippen molar-refractivity contribution in [2.45, 2.75) is 32.9 Å². The molecule has 0 spiro atoms. The molecular weight excluding hydrogens is 454 g/mol. The number of esters is 1. The van der Waals surface area contributed by atoms with Crippen LogP contribution in [-0.2, 0) is 9.53 Å². The minimum absolute atomic E-state index is 0.273. The molecule has 1 unspecified atom stereocenters. The number of rotatable bonds is 6. The second-order valence-corrected chi connectivity index (χ2v) is 8.94. The van der Waals surface area contributed by atoms with Crippen LogP contribution in [0.3, 0.4) is 0 Å². The quantitative estimate of drug-likeness (QED) is 0.505. The highest BCUT2D eigenvalue weighted by atomic mass is 32.1. The Morgan fingerprint density at radius 1 is 1.21 bits per heavy atom. The standard InChI is InChI=1S/C25H25N3O5S/c1-14(2)33-24(30)21-15(3)27-25-28(22(21)18-12-17(31-4)8-9-19(18)32-5)23(29)20(34-25)11-16-7-6-10-26-13-16/h6-14,22H,1-5H3/b20-11-. The zero-order valence-corrected chi connectivity index (χ0v) is 20.4. The molecule has 3 aromatic rings. The normalized spacial score (nSPS) is 15.7. The number of thiazole rings is 1. The van der Waals surface area contributed by atoms with Crippen LogP contribution < -0.4 is 24.4 Å². The molecule has 1 aliphatic rings. The minimum atomic E-state index is -0.802. The first kappa shape index (κ1) is 23.4. The molecule has 1 aromatic carbocycles. The van der Waals surface area contributed by atoms with Crippen LogP contribution in [0, 0.1) is 0 Å². The molecule has 4 rings (SSSR count). The molecule has 1 aliphatic heterocycles. The number of hydrogen-bond acceptors (Lipinski definition) is 8. The number of allylic oxidation sites excluding steroid dienone is 1. The number of benzene rings is 1. The summed E-state index contributed by atoms with van der Waals surface area (Å²) in [5, 5.41) is 0. The van der Waals surface area contributed by atoms with Gasteiger partial charge in [0.15, 0.2) is 4.80 Å². The summed E-state index contributed by atoms with van der Waals surface area (Å²) in [6.07, 6.45) is 4.78. The van der Waals surface area contributed by atoms with E-state index in [1.807, 2.05) is 6.07 Å². The molecule has 0 saturated heterocycles. The van der Waals surface area contributed by atoms with E-state index in [1.165, 1.54) is 15.9 Å². The molecule has 2 aromatic heterocycles. The molecule has 34 heavy (non-hydrogen) atoms. The maximum Gasteiger partial charge on any atom is 0.338 e. The summed E-state index contributed by atoms with van der Waals surface area (Å²) < 4.78 is 18.6. The van der Waals surface area contributed by atoms with E-state index in [4.69, 9.17) is 14.2 Å². The van der Waals surface area contributed by atoms with Gasteiger partial charge in [0.2, 0.25) is 0 Å². The van der Waals surface area contributed by atoms with Crippen LogP contribution in [0.5, 0.6) is 11.5 Å². The Hall–Kier alpha value is -3.72. The molecule has 0 amide bonds. The third-order valence-electron chi connectivity index (χ3n) is 5.30. The van der Waals surface area contributed by atoms with Gasteiger partial charge in [0.25, 0.3) is 5.56 Å². The van der Waals surface area contributed by atoms with Gasteiger partial charge in [-0.1, -0.05) is 17.4 Å². The molecule has 176 valence electrons. The van der Waals surface area contributed by atoms with Crippen molar-refractivity contribution in [1.29, 1.82) is 0 Å². The molecular formula is C25H25N3O5S. The van der Waals surface area contributed by atoms with E-state index < -0.39 is 12.0 Å². The van der Waals surface area contributed by atoms with Crippen molar-refractivity contribution in [2.75, 3.05) is 14.2 Å². The second-order valence-electron chi connectivity index (χ2n) is 7.93. The third kappa shape index (κ3) is 4.38. The van der Waals surface area contributed by atoms with Crippen LogP contribution in [0.25, 0.3) is 6.08 Å². The van der Waals surface area contributed by atoms with Crippen molar-refractivity contribution in [1.82, 2.24) is 9.55 Å². The lowest BCUT2D eigenvalue weighted by atomic mass is 9.94. The van der Waals surface area contributed by atoms with E-state index >= 15 is 0 Å². The van der Waals surface area contributed by atoms with Crippen molar-refractivity contribution in [3.63, 3.8) is 0 Å². The van der Waals surface area contributed by atoms with Crippen molar-refractivity contribution in [2.24, 2.45) is 4.99 Å². The first-order valence-electron chi connectivity index (χ1n) is 10.7. The van der Waals surface area contributed by atoms with E-state index in [0.29, 0.717) is 32.1 Å². The van der Waals surface area contributed by atoms with Crippen LogP contribution in [0.4, 0.5) is 0 Å². The number of carbonyl (C=O) groups is 1. The molecule has 0 bridgehead atoms. The zero-order chi connectivity index (χ0) is 24.4. The summed E-state index contributed by atoms with van der Waals surface area (Å²) in [6, 6.07) is 8.14. The van der Waals surface area contributed by atoms with Gasteiger partial charge in [-0.3, -0.25) is 14.3 Å². The molecule has 0 N–H and O–H groups in total. The zero-order valence-electron chi connectivity index (χ0n) is 19.6. The van der Waals surface area contributed by atoms with Crippen LogP contribution >= 0.6 is 11.3 Å². The Kier molecular flexibility index (Phi) is 6.65. The Morgan fingerprint density at radius 2 is 2.00 bits per heavy atom. The Bertz CT molecular complexity index is 1440. The largest absolute Gasteiger partial charge is 0.497 e. The fraction of sp³-hybridized carbons (Fsp3) is 0.280. The summed E-state index contributed by atoms with van der Waals surface area (Å²) in [6.45, 7) is 5.30. The monoisotopic (exact) mass is 479 g/mol. The lowest BCUT2D eigenvalue weighted by molar-refractivity contribution is -0.143. The van der Waals surface area contributed by atoms with Gasteiger partial charge in [-0.2, -0.15) is 0 Å². The third-order valence-corrected chi connectivity index (χ3v) is 6.28. The first-order valence-corrected chi connectivity index (χ1v) is 11.5. The highest BCUT2D eigenvalue weighted by molar-refractivity contribution is 7.07. The van der Waals surface area contributed by atoms with Crippen molar-refractivity contribution < 1.29 is 19.0 Å². The predicted octanol–water partition coefficient (Wildman–Crippen LogP) is 2.60. The van der Waals surface area contributed by atoms with Gasteiger partial charge in [-0.05, 0) is 56.7 Å². The topological polar surface area (TPSA) is 92.0 Å². The molecule has 0 saturated carbocycles. The first-order chi connectivity index (χ1) is 16.3. The Morgan fingerprint density at radius 3 is 2.65 bits per heavy atom. The smallest absolute Gasteiger partial charge is 0.338 e. The number of fused-ring (bicyclic) bond motifs is 1. The van der Waals surface area contributed by atoms with Crippen LogP contribution in [0.2, 0.25) is 0 Å². The Balaban J connectivity index is 2.02. The number of methoxy groups -OCH3 is 2. The maximum atomic E-state index is 13.7. The molecule has 0 radical (unpaired) electrons. The van der Waals surface area contributed by atoms with Gasteiger partial charge in [-0.15, -0.1) is 0 Å². The Labute approximate surface area is 200 Å². The summed E-state index contributed by atoms with van der Waals surface area (Å²) in [7, 11) is 3.10. The molecule has 0 aliphatic carbocycles. The van der Waals surface area contributed by atoms with E-state index in [9.17, 15) is 9.59 Å². The van der Waals surface area contributed by atoms with E-state index in [2.05, 4.69) is 9.98 Å². The average molecular weight is 480 g/mol. The van der Waals surface area contributed by atoms with E-state index in [1.54, 1.807) is 77.7 Å². The highest BCUT2D eigenvalue weighted by Crippen LogP contribution is 2.37. The lowest BCUT2D eigenvalue weighted by Crippen LogP contribution is -2.40. The van der Waals surface area contributed by atoms with Gasteiger partial charge in [0.1, 0.15) is 17.5 Å². The van der Waals surface area contributed by atoms with E-state index in [-0.39, 0.29) is 17.2 Å². The SMILES string of the molecule is COc1ccc(OC)c(C2C(C(=O)OC(C)C)=C(C)N=c3s/c(=C\c4cccnc4)c(=O)n32)c1. The summed E-state index contributed by atoms with van der Waals surface area (Å²) in [5.74, 6) is 0.546. The summed E-state index contributed by atoms with van der Waals surface area (Å²) in [5.41, 5.74) is 1.87. The second kappa shape index (κ2) is 9.64. The van der Waals surface area contributed by atoms with Gasteiger partial charge in [0.05, 0.1) is 36.1 Å². The fourth-order valence-electron chi connectivity index (χ4n) is 3.82. The lowest BCUT2D eigenvalue weighted by Gasteiger charge is -2.26. The number of carbonyl (C=O) groups excluding carboxylic acids is 1. The molecule has 0 fully saturated rings. The number of ether oxygens (including phenoxy) is 3. The molecule has 8 nitrogen and oxygen atoms in total. The van der Waals surface area contributed by atoms with Crippen LogP contribution in [-0.4, -0.2) is 35.8 Å². The van der Waals surface area contributed by atoms with Crippen molar-refractivity contribution in [3.05, 3.63) is 84.8 Å². The van der Waals surface area contributed by atoms with Crippen molar-refractivity contribution >= 4 is 23.4 Å². The van der Waals surface area contributed by atoms with Gasteiger partial charge in [0, 0.05) is 18.0 Å². The molecule has 9 heteroatoms. The number of pyridine rings is 1. The van der Waals surface area contributed by atoms with Gasteiger partial charge in [-0.25, -0.2) is 9.79 Å². The summed E-state index contributed by atoms with van der Waals surface area (Å²) in [4.78, 5) is 36.1.